The quantitative estimate of drug-likeness (QED) is 0.875. The Bertz CT molecular complexity index is 444. The molecular formula is C11H13Br2N3O. The van der Waals surface area contributed by atoms with Crippen LogP contribution < -0.4 is 5.32 Å². The fraction of sp³-hybridized carbons (Fsp3) is 0.545. The summed E-state index contributed by atoms with van der Waals surface area (Å²) in [6.07, 6.45) is 5.70. The van der Waals surface area contributed by atoms with Crippen LogP contribution in [0.25, 0.3) is 0 Å². The van der Waals surface area contributed by atoms with Crippen molar-refractivity contribution >= 4 is 43.6 Å². The summed E-state index contributed by atoms with van der Waals surface area (Å²) in [5.74, 6) is 0.513. The van der Waals surface area contributed by atoms with E-state index in [4.69, 9.17) is 0 Å². The van der Waals surface area contributed by atoms with Crippen molar-refractivity contribution in [1.29, 1.82) is 0 Å². The third kappa shape index (κ3) is 2.85. The van der Waals surface area contributed by atoms with Gasteiger partial charge in [0.2, 0.25) is 5.91 Å². The average molecular weight is 363 g/mol. The maximum absolute atomic E-state index is 12.2. The molecule has 1 aliphatic carbocycles. The SMILES string of the molecule is CC1(C(=O)Nc2ncc(Br)nc2Br)CCCC1. The van der Waals surface area contributed by atoms with Crippen molar-refractivity contribution in [3.05, 3.63) is 15.4 Å². The van der Waals surface area contributed by atoms with Gasteiger partial charge >= 0.3 is 0 Å². The van der Waals surface area contributed by atoms with E-state index in [1.165, 1.54) is 0 Å². The van der Waals surface area contributed by atoms with Crippen molar-refractivity contribution in [2.45, 2.75) is 32.6 Å². The first-order chi connectivity index (χ1) is 8.01. The van der Waals surface area contributed by atoms with E-state index in [0.29, 0.717) is 15.0 Å². The minimum absolute atomic E-state index is 0.0346. The minimum Gasteiger partial charge on any atom is -0.308 e. The first-order valence-electron chi connectivity index (χ1n) is 5.51. The highest BCUT2D eigenvalue weighted by Gasteiger charge is 2.36. The van der Waals surface area contributed by atoms with Crippen LogP contribution in [-0.2, 0) is 4.79 Å². The van der Waals surface area contributed by atoms with E-state index in [-0.39, 0.29) is 11.3 Å². The number of carbonyl (C=O) groups is 1. The Kier molecular flexibility index (Phi) is 3.82. The van der Waals surface area contributed by atoms with Crippen molar-refractivity contribution in [2.24, 2.45) is 5.41 Å². The van der Waals surface area contributed by atoms with Crippen LogP contribution in [0.5, 0.6) is 0 Å². The Morgan fingerprint density at radius 3 is 2.65 bits per heavy atom. The lowest BCUT2D eigenvalue weighted by molar-refractivity contribution is -0.124. The van der Waals surface area contributed by atoms with Crippen LogP contribution in [0.2, 0.25) is 0 Å². The first-order valence-corrected chi connectivity index (χ1v) is 7.09. The predicted molar refractivity (Wildman–Crippen MR) is 72.6 cm³/mol. The van der Waals surface area contributed by atoms with Gasteiger partial charge in [-0.1, -0.05) is 19.8 Å². The molecule has 0 atom stereocenters. The molecule has 1 saturated carbocycles. The number of aromatic nitrogens is 2. The fourth-order valence-electron chi connectivity index (χ4n) is 2.07. The zero-order valence-electron chi connectivity index (χ0n) is 9.46. The van der Waals surface area contributed by atoms with E-state index in [9.17, 15) is 4.79 Å². The lowest BCUT2D eigenvalue weighted by Gasteiger charge is -2.21. The van der Waals surface area contributed by atoms with Gasteiger partial charge in [-0.15, -0.1) is 0 Å². The molecule has 0 spiro atoms. The molecule has 0 bridgehead atoms. The lowest BCUT2D eigenvalue weighted by Crippen LogP contribution is -2.31. The Hall–Kier alpha value is -0.490. The summed E-state index contributed by atoms with van der Waals surface area (Å²) in [7, 11) is 0. The zero-order chi connectivity index (χ0) is 12.5. The van der Waals surface area contributed by atoms with Crippen LogP contribution in [0.15, 0.2) is 15.4 Å². The predicted octanol–water partition coefficient (Wildman–Crippen LogP) is 3.52. The Morgan fingerprint density at radius 2 is 2.06 bits per heavy atom. The molecule has 1 N–H and O–H groups in total. The normalized spacial score (nSPS) is 18.1. The Morgan fingerprint density at radius 1 is 1.41 bits per heavy atom. The molecule has 0 radical (unpaired) electrons. The van der Waals surface area contributed by atoms with E-state index in [1.807, 2.05) is 6.92 Å². The molecule has 0 aromatic carbocycles. The van der Waals surface area contributed by atoms with Gasteiger partial charge in [0.05, 0.1) is 6.20 Å². The molecule has 1 aromatic rings. The van der Waals surface area contributed by atoms with Gasteiger partial charge in [-0.25, -0.2) is 9.97 Å². The van der Waals surface area contributed by atoms with Crippen LogP contribution in [0.1, 0.15) is 32.6 Å². The molecule has 0 aliphatic heterocycles. The van der Waals surface area contributed by atoms with Crippen LogP contribution in [0, 0.1) is 5.41 Å². The Labute approximate surface area is 117 Å². The summed E-state index contributed by atoms with van der Waals surface area (Å²) in [5, 5.41) is 2.84. The molecule has 92 valence electrons. The van der Waals surface area contributed by atoms with E-state index < -0.39 is 0 Å². The number of hydrogen-bond donors (Lipinski definition) is 1. The highest BCUT2D eigenvalue weighted by molar-refractivity contribution is 9.11. The molecule has 0 unspecified atom stereocenters. The van der Waals surface area contributed by atoms with Crippen molar-refractivity contribution in [3.63, 3.8) is 0 Å². The van der Waals surface area contributed by atoms with Gasteiger partial charge in [0.25, 0.3) is 0 Å². The Balaban J connectivity index is 2.13. The standard InChI is InChI=1S/C11H13Br2N3O/c1-11(4-2-3-5-11)10(17)16-9-8(13)15-7(12)6-14-9/h6H,2-5H2,1H3,(H,14,16,17). The average Bonchev–Trinajstić information content (AvgIpc) is 2.71. The van der Waals surface area contributed by atoms with Gasteiger partial charge in [-0.05, 0) is 44.7 Å². The molecule has 0 saturated heterocycles. The van der Waals surface area contributed by atoms with Crippen LogP contribution >= 0.6 is 31.9 Å². The van der Waals surface area contributed by atoms with E-state index in [1.54, 1.807) is 6.20 Å². The molecule has 17 heavy (non-hydrogen) atoms. The number of anilines is 1. The fourth-order valence-corrected chi connectivity index (χ4v) is 2.98. The highest BCUT2D eigenvalue weighted by atomic mass is 79.9. The zero-order valence-corrected chi connectivity index (χ0v) is 12.6. The highest BCUT2D eigenvalue weighted by Crippen LogP contribution is 2.38. The summed E-state index contributed by atoms with van der Waals surface area (Å²) in [4.78, 5) is 20.4. The molecule has 1 amide bonds. The summed E-state index contributed by atoms with van der Waals surface area (Å²) < 4.78 is 1.18. The number of rotatable bonds is 2. The van der Waals surface area contributed by atoms with Crippen LogP contribution in [0.4, 0.5) is 5.82 Å². The molecule has 6 heteroatoms. The smallest absolute Gasteiger partial charge is 0.231 e. The molecule has 2 rings (SSSR count). The summed E-state index contributed by atoms with van der Waals surface area (Å²) in [6, 6.07) is 0. The third-order valence-electron chi connectivity index (χ3n) is 3.19. The summed E-state index contributed by atoms with van der Waals surface area (Å²) in [6.45, 7) is 2.01. The number of carbonyl (C=O) groups excluding carboxylic acids is 1. The van der Waals surface area contributed by atoms with E-state index in [2.05, 4.69) is 47.1 Å². The second-order valence-electron chi connectivity index (χ2n) is 4.55. The molecule has 1 fully saturated rings. The monoisotopic (exact) mass is 361 g/mol. The maximum atomic E-state index is 12.2. The molecular weight excluding hydrogens is 350 g/mol. The van der Waals surface area contributed by atoms with Crippen molar-refractivity contribution in [3.8, 4) is 0 Å². The van der Waals surface area contributed by atoms with Crippen LogP contribution in [-0.4, -0.2) is 15.9 Å². The van der Waals surface area contributed by atoms with Gasteiger partial charge in [0.15, 0.2) is 5.82 Å². The van der Waals surface area contributed by atoms with Gasteiger partial charge in [-0.3, -0.25) is 4.79 Å². The molecule has 1 aliphatic rings. The largest absolute Gasteiger partial charge is 0.308 e. The van der Waals surface area contributed by atoms with E-state index in [0.717, 1.165) is 25.7 Å². The summed E-state index contributed by atoms with van der Waals surface area (Å²) in [5.41, 5.74) is -0.256. The molecule has 4 nitrogen and oxygen atoms in total. The number of nitrogens with one attached hydrogen (secondary N) is 1. The molecule has 1 heterocycles. The minimum atomic E-state index is -0.256. The second kappa shape index (κ2) is 5.02. The van der Waals surface area contributed by atoms with Crippen molar-refractivity contribution < 1.29 is 4.79 Å². The maximum Gasteiger partial charge on any atom is 0.231 e. The number of amides is 1. The van der Waals surface area contributed by atoms with Crippen molar-refractivity contribution in [1.82, 2.24) is 9.97 Å². The van der Waals surface area contributed by atoms with Gasteiger partial charge in [0.1, 0.15) is 9.21 Å². The van der Waals surface area contributed by atoms with Gasteiger partial charge in [0, 0.05) is 5.41 Å². The van der Waals surface area contributed by atoms with Gasteiger partial charge in [-0.2, -0.15) is 0 Å². The number of hydrogen-bond acceptors (Lipinski definition) is 3. The van der Waals surface area contributed by atoms with E-state index >= 15 is 0 Å². The first kappa shape index (κ1) is 13.0. The number of nitrogens with zero attached hydrogens (tertiary/aromatic N) is 2. The lowest BCUT2D eigenvalue weighted by atomic mass is 9.88. The third-order valence-corrected chi connectivity index (χ3v) is 4.12. The molecule has 1 aromatic heterocycles. The number of halogens is 2. The van der Waals surface area contributed by atoms with Crippen molar-refractivity contribution in [2.75, 3.05) is 5.32 Å². The van der Waals surface area contributed by atoms with Crippen LogP contribution in [0.3, 0.4) is 0 Å². The second-order valence-corrected chi connectivity index (χ2v) is 6.12. The summed E-state index contributed by atoms with van der Waals surface area (Å²) >= 11 is 6.51. The topological polar surface area (TPSA) is 54.9 Å². The van der Waals surface area contributed by atoms with Gasteiger partial charge < -0.3 is 5.32 Å².